The Balaban J connectivity index is 2.13. The highest BCUT2D eigenvalue weighted by Crippen LogP contribution is 2.55. The minimum Gasteiger partial charge on any atom is -0.328 e. The topological polar surface area (TPSA) is 44.1 Å². The first-order chi connectivity index (χ1) is 10.9. The molecule has 3 nitrogen and oxygen atoms in total. The monoisotopic (exact) mass is 370 g/mol. The maximum atomic E-state index is 12.7. The largest absolute Gasteiger partial charge is 0.328 e. The molecule has 1 unspecified atom stereocenters. The third-order valence-electron chi connectivity index (χ3n) is 5.36. The molecule has 122 valence electrons. The summed E-state index contributed by atoms with van der Waals surface area (Å²) in [6.07, 6.45) is 1.33. The van der Waals surface area contributed by atoms with E-state index in [2.05, 4.69) is 6.07 Å². The Morgan fingerprint density at radius 2 is 2.00 bits per heavy atom. The zero-order valence-corrected chi connectivity index (χ0v) is 14.9. The van der Waals surface area contributed by atoms with Gasteiger partial charge in [-0.15, -0.1) is 11.6 Å². The van der Waals surface area contributed by atoms with Crippen molar-refractivity contribution in [2.24, 2.45) is 11.8 Å². The first-order valence-corrected chi connectivity index (χ1v) is 8.92. The van der Waals surface area contributed by atoms with Gasteiger partial charge < -0.3 is 4.90 Å². The third-order valence-corrected chi connectivity index (χ3v) is 6.34. The third kappa shape index (κ3) is 2.52. The fraction of sp³-hybridized carbons (Fsp3) is 0.529. The van der Waals surface area contributed by atoms with Crippen molar-refractivity contribution in [3.05, 3.63) is 35.9 Å². The van der Waals surface area contributed by atoms with Crippen LogP contribution >= 0.6 is 34.8 Å². The molecule has 2 bridgehead atoms. The normalized spacial score (nSPS) is 36.1. The second kappa shape index (κ2) is 6.16. The summed E-state index contributed by atoms with van der Waals surface area (Å²) in [6, 6.07) is 12.0. The van der Waals surface area contributed by atoms with E-state index in [0.717, 1.165) is 12.0 Å². The summed E-state index contributed by atoms with van der Waals surface area (Å²) in [6.45, 7) is 2.01. The highest BCUT2D eigenvalue weighted by molar-refractivity contribution is 6.53. The van der Waals surface area contributed by atoms with E-state index in [1.165, 1.54) is 0 Å². The van der Waals surface area contributed by atoms with Crippen molar-refractivity contribution in [3.8, 4) is 6.07 Å². The van der Waals surface area contributed by atoms with Gasteiger partial charge in [-0.2, -0.15) is 5.26 Å². The minimum absolute atomic E-state index is 0.00833. The maximum Gasteiger partial charge on any atom is 0.256 e. The van der Waals surface area contributed by atoms with Crippen LogP contribution in [-0.4, -0.2) is 27.1 Å². The van der Waals surface area contributed by atoms with Gasteiger partial charge in [-0.1, -0.05) is 53.5 Å². The van der Waals surface area contributed by atoms with Gasteiger partial charge in [0.2, 0.25) is 0 Å². The van der Waals surface area contributed by atoms with Crippen LogP contribution in [-0.2, 0) is 10.3 Å². The van der Waals surface area contributed by atoms with E-state index in [4.69, 9.17) is 34.8 Å². The Bertz CT molecular complexity index is 645. The molecule has 1 aromatic rings. The number of hydrogen-bond donors (Lipinski definition) is 0. The van der Waals surface area contributed by atoms with Crippen LogP contribution in [0.15, 0.2) is 30.3 Å². The molecule has 1 amide bonds. The Labute approximate surface area is 151 Å². The molecule has 1 saturated carbocycles. The van der Waals surface area contributed by atoms with Gasteiger partial charge in [0.05, 0.1) is 22.9 Å². The molecule has 0 radical (unpaired) electrons. The van der Waals surface area contributed by atoms with E-state index in [1.807, 2.05) is 37.3 Å². The lowest BCUT2D eigenvalue weighted by atomic mass is 9.72. The van der Waals surface area contributed by atoms with Crippen LogP contribution in [0.4, 0.5) is 0 Å². The van der Waals surface area contributed by atoms with E-state index in [0.29, 0.717) is 6.42 Å². The average molecular weight is 372 g/mol. The smallest absolute Gasteiger partial charge is 0.256 e. The second-order valence-corrected chi connectivity index (χ2v) is 8.03. The number of carbonyl (C=O) groups is 1. The van der Waals surface area contributed by atoms with Crippen LogP contribution in [0.25, 0.3) is 0 Å². The molecule has 1 saturated heterocycles. The number of hydrogen-bond acceptors (Lipinski definition) is 2. The fourth-order valence-electron chi connectivity index (χ4n) is 4.30. The molecule has 0 aromatic heterocycles. The number of fused-ring (bicyclic) bond motifs is 2. The molecule has 1 aliphatic heterocycles. The van der Waals surface area contributed by atoms with Gasteiger partial charge in [0.1, 0.15) is 0 Å². The molecule has 6 heteroatoms. The van der Waals surface area contributed by atoms with Crippen LogP contribution in [0.3, 0.4) is 0 Å². The number of likely N-dealkylation sites (tertiary alicyclic amines) is 1. The molecular formula is C17H17Cl3N2O. The lowest BCUT2D eigenvalue weighted by Gasteiger charge is -2.41. The zero-order valence-electron chi connectivity index (χ0n) is 12.6. The highest BCUT2D eigenvalue weighted by Gasteiger charge is 2.60. The zero-order chi connectivity index (χ0) is 16.8. The number of halogens is 3. The Morgan fingerprint density at radius 1 is 1.35 bits per heavy atom. The van der Waals surface area contributed by atoms with E-state index >= 15 is 0 Å². The summed E-state index contributed by atoms with van der Waals surface area (Å²) < 4.78 is 0. The van der Waals surface area contributed by atoms with Crippen molar-refractivity contribution in [2.75, 3.05) is 0 Å². The Hall–Kier alpha value is -0.950. The maximum absolute atomic E-state index is 12.7. The molecule has 0 spiro atoms. The molecule has 1 aromatic carbocycles. The summed E-state index contributed by atoms with van der Waals surface area (Å²) in [4.78, 5) is 13.4. The standard InChI is InChI=1S/C17H17Cl3N2O/c1-17(11-5-3-2-4-6-11)13-8-12(7-10(9-21)14(13)18)22(17)16(23)15(19)20/h2-6,10,12-15H,7-8H2,1H3/t10-,12+,13+,14?,17-/m1/s1. The van der Waals surface area contributed by atoms with Crippen LogP contribution in [0.2, 0.25) is 0 Å². The van der Waals surface area contributed by atoms with Crippen molar-refractivity contribution in [1.29, 1.82) is 5.26 Å². The van der Waals surface area contributed by atoms with E-state index < -0.39 is 10.4 Å². The van der Waals surface area contributed by atoms with Gasteiger partial charge in [0, 0.05) is 12.0 Å². The summed E-state index contributed by atoms with van der Waals surface area (Å²) in [5.74, 6) is -0.592. The van der Waals surface area contributed by atoms with Gasteiger partial charge in [0.25, 0.3) is 5.91 Å². The highest BCUT2D eigenvalue weighted by atomic mass is 35.5. The van der Waals surface area contributed by atoms with Gasteiger partial charge in [-0.05, 0) is 25.3 Å². The molecule has 0 N–H and O–H groups in total. The van der Waals surface area contributed by atoms with Crippen LogP contribution in [0.5, 0.6) is 0 Å². The first-order valence-electron chi connectivity index (χ1n) is 7.61. The summed E-state index contributed by atoms with van der Waals surface area (Å²) >= 11 is 18.4. The van der Waals surface area contributed by atoms with Crippen molar-refractivity contribution in [1.82, 2.24) is 4.90 Å². The lowest BCUT2D eigenvalue weighted by Crippen LogP contribution is -2.50. The quantitative estimate of drug-likeness (QED) is 0.735. The molecule has 1 heterocycles. The molecule has 3 rings (SSSR count). The van der Waals surface area contributed by atoms with Crippen LogP contribution < -0.4 is 0 Å². The predicted octanol–water partition coefficient (Wildman–Crippen LogP) is 4.07. The number of nitriles is 1. The number of amides is 1. The van der Waals surface area contributed by atoms with E-state index in [-0.39, 0.29) is 29.2 Å². The van der Waals surface area contributed by atoms with Crippen molar-refractivity contribution >= 4 is 40.7 Å². The second-order valence-electron chi connectivity index (χ2n) is 6.43. The van der Waals surface area contributed by atoms with Crippen molar-refractivity contribution in [3.63, 3.8) is 0 Å². The predicted molar refractivity (Wildman–Crippen MR) is 91.4 cm³/mol. The summed E-state index contributed by atoms with van der Waals surface area (Å²) in [5.41, 5.74) is 0.391. The number of nitrogens with zero attached hydrogens (tertiary/aromatic N) is 2. The molecule has 2 fully saturated rings. The number of alkyl halides is 3. The van der Waals surface area contributed by atoms with Crippen LogP contribution in [0, 0.1) is 23.2 Å². The first kappa shape index (κ1) is 16.9. The van der Waals surface area contributed by atoms with Gasteiger partial charge in [-0.3, -0.25) is 4.79 Å². The SMILES string of the molecule is C[C@@]1(c2ccccc2)[C@H]2C[C@H](C[C@H](C#N)C2Cl)N1C(=O)C(Cl)Cl. The summed E-state index contributed by atoms with van der Waals surface area (Å²) in [5, 5.41) is 9.11. The van der Waals surface area contributed by atoms with Crippen molar-refractivity contribution in [2.45, 2.75) is 41.6 Å². The van der Waals surface area contributed by atoms with Crippen LogP contribution in [0.1, 0.15) is 25.3 Å². The van der Waals surface area contributed by atoms with Gasteiger partial charge in [0.15, 0.2) is 4.84 Å². The van der Waals surface area contributed by atoms with E-state index in [1.54, 1.807) is 4.90 Å². The number of carbonyl (C=O) groups excluding carboxylic acids is 1. The molecule has 23 heavy (non-hydrogen) atoms. The van der Waals surface area contributed by atoms with Gasteiger partial charge >= 0.3 is 0 Å². The van der Waals surface area contributed by atoms with Gasteiger partial charge in [-0.25, -0.2) is 0 Å². The Kier molecular flexibility index (Phi) is 4.53. The Morgan fingerprint density at radius 3 is 2.57 bits per heavy atom. The molecule has 5 atom stereocenters. The minimum atomic E-state index is -1.12. The molecular weight excluding hydrogens is 355 g/mol. The summed E-state index contributed by atoms with van der Waals surface area (Å²) in [7, 11) is 0. The number of rotatable bonds is 2. The number of benzene rings is 1. The fourth-order valence-corrected chi connectivity index (χ4v) is 5.02. The van der Waals surface area contributed by atoms with Crippen molar-refractivity contribution < 1.29 is 4.79 Å². The molecule has 2 aliphatic rings. The lowest BCUT2D eigenvalue weighted by molar-refractivity contribution is -0.136. The van der Waals surface area contributed by atoms with E-state index in [9.17, 15) is 10.1 Å². The average Bonchev–Trinajstić information content (AvgIpc) is 2.81. The molecule has 1 aliphatic carbocycles.